The van der Waals surface area contributed by atoms with Crippen LogP contribution in [0.15, 0.2) is 53.3 Å². The lowest BCUT2D eigenvalue weighted by molar-refractivity contribution is -0.274. The highest BCUT2D eigenvalue weighted by Gasteiger charge is 2.31. The third-order valence-electron chi connectivity index (χ3n) is 6.09. The number of methoxy groups -OCH3 is 2. The van der Waals surface area contributed by atoms with Gasteiger partial charge in [0.1, 0.15) is 30.8 Å². The Labute approximate surface area is 212 Å². The first kappa shape index (κ1) is 26.6. The van der Waals surface area contributed by atoms with Crippen LogP contribution >= 0.6 is 0 Å². The molecule has 0 aliphatic carbocycles. The number of nitrogens with zero attached hydrogens (tertiary/aromatic N) is 1. The topological polar surface area (TPSA) is 68.2 Å². The number of pyridine rings is 1. The molecule has 1 aliphatic heterocycles. The highest BCUT2D eigenvalue weighted by molar-refractivity contribution is 5.70. The summed E-state index contributed by atoms with van der Waals surface area (Å²) in [4.78, 5) is 12.7. The first-order valence-corrected chi connectivity index (χ1v) is 11.7. The van der Waals surface area contributed by atoms with Gasteiger partial charge in [0.25, 0.3) is 0 Å². The molecule has 0 amide bonds. The molecule has 1 atom stereocenters. The van der Waals surface area contributed by atoms with Crippen LogP contribution in [0.25, 0.3) is 11.3 Å². The second-order valence-corrected chi connectivity index (χ2v) is 8.65. The minimum absolute atomic E-state index is 0.0725. The maximum Gasteiger partial charge on any atom is 0.573 e. The molecule has 0 N–H and O–H groups in total. The minimum atomic E-state index is -4.76. The van der Waals surface area contributed by atoms with Crippen molar-refractivity contribution in [3.05, 3.63) is 75.4 Å². The van der Waals surface area contributed by atoms with Gasteiger partial charge >= 0.3 is 6.36 Å². The van der Waals surface area contributed by atoms with Crippen molar-refractivity contribution in [3.8, 4) is 28.6 Å². The van der Waals surface area contributed by atoms with Gasteiger partial charge in [0, 0.05) is 38.0 Å². The van der Waals surface area contributed by atoms with Crippen molar-refractivity contribution in [2.45, 2.75) is 39.0 Å². The zero-order valence-electron chi connectivity index (χ0n) is 20.8. The number of hydrogen-bond donors (Lipinski definition) is 0. The normalized spacial score (nSPS) is 13.5. The molecule has 0 spiro atoms. The zero-order chi connectivity index (χ0) is 26.6. The van der Waals surface area contributed by atoms with E-state index in [9.17, 15) is 18.0 Å². The Morgan fingerprint density at radius 3 is 2.54 bits per heavy atom. The van der Waals surface area contributed by atoms with Crippen LogP contribution in [0.2, 0.25) is 0 Å². The number of aryl methyl sites for hydroxylation is 1. The van der Waals surface area contributed by atoms with E-state index in [0.717, 1.165) is 16.8 Å². The molecule has 1 aromatic heterocycles. The quantitative estimate of drug-likeness (QED) is 0.380. The van der Waals surface area contributed by atoms with Gasteiger partial charge in [-0.3, -0.25) is 4.79 Å². The first-order valence-electron chi connectivity index (χ1n) is 11.7. The molecule has 0 saturated heterocycles. The Bertz CT molecular complexity index is 1300. The van der Waals surface area contributed by atoms with Gasteiger partial charge in [-0.15, -0.1) is 13.2 Å². The Morgan fingerprint density at radius 1 is 1.00 bits per heavy atom. The second-order valence-electron chi connectivity index (χ2n) is 8.65. The summed E-state index contributed by atoms with van der Waals surface area (Å²) in [5.74, 6) is 0.744. The second kappa shape index (κ2) is 11.3. The predicted molar refractivity (Wildman–Crippen MR) is 130 cm³/mol. The molecule has 0 radical (unpaired) electrons. The van der Waals surface area contributed by atoms with Gasteiger partial charge in [-0.2, -0.15) is 0 Å². The molecule has 0 unspecified atom stereocenters. The summed E-state index contributed by atoms with van der Waals surface area (Å²) in [6.45, 7) is 3.06. The van der Waals surface area contributed by atoms with E-state index in [0.29, 0.717) is 42.3 Å². The van der Waals surface area contributed by atoms with Crippen molar-refractivity contribution in [2.75, 3.05) is 27.4 Å². The Hall–Kier alpha value is -3.50. The molecule has 1 aliphatic rings. The van der Waals surface area contributed by atoms with Crippen molar-refractivity contribution in [3.63, 3.8) is 0 Å². The highest BCUT2D eigenvalue weighted by Crippen LogP contribution is 2.36. The lowest BCUT2D eigenvalue weighted by atomic mass is 9.94. The maximum atomic E-state index is 12.7. The molecule has 37 heavy (non-hydrogen) atoms. The summed E-state index contributed by atoms with van der Waals surface area (Å²) in [6, 6.07) is 12.7. The van der Waals surface area contributed by atoms with Crippen molar-refractivity contribution in [1.29, 1.82) is 0 Å². The van der Waals surface area contributed by atoms with Gasteiger partial charge in [-0.1, -0.05) is 12.1 Å². The lowest BCUT2D eigenvalue weighted by Gasteiger charge is -2.27. The average molecular weight is 520 g/mol. The van der Waals surface area contributed by atoms with Gasteiger partial charge in [-0.25, -0.2) is 0 Å². The molecule has 10 heteroatoms. The van der Waals surface area contributed by atoms with E-state index in [4.69, 9.17) is 18.9 Å². The fourth-order valence-corrected chi connectivity index (χ4v) is 4.29. The van der Waals surface area contributed by atoms with Crippen LogP contribution in [0.5, 0.6) is 17.4 Å². The molecule has 7 nitrogen and oxygen atoms in total. The maximum absolute atomic E-state index is 12.7. The average Bonchev–Trinajstić information content (AvgIpc) is 2.86. The lowest BCUT2D eigenvalue weighted by Crippen LogP contribution is -2.28. The van der Waals surface area contributed by atoms with E-state index in [-0.39, 0.29) is 30.5 Å². The number of benzene rings is 2. The van der Waals surface area contributed by atoms with Crippen LogP contribution in [0.4, 0.5) is 13.2 Å². The molecular formula is C27H28F3NO6. The fourth-order valence-electron chi connectivity index (χ4n) is 4.29. The number of ether oxygens (including phenoxy) is 5. The summed E-state index contributed by atoms with van der Waals surface area (Å²) in [5.41, 5.74) is 3.71. The predicted octanol–water partition coefficient (Wildman–Crippen LogP) is 4.90. The molecular weight excluding hydrogens is 491 g/mol. The molecule has 2 aromatic carbocycles. The van der Waals surface area contributed by atoms with Gasteiger partial charge in [0.05, 0.1) is 12.3 Å². The SMILES string of the molecule is COC[C@@H](COc1cc(=O)c(C)c2n1CCc1cc(OCc3cccc(OC(F)(F)F)c3)ccc1-2)OC. The van der Waals surface area contributed by atoms with Crippen molar-refractivity contribution < 1.29 is 36.9 Å². The van der Waals surface area contributed by atoms with E-state index in [1.807, 2.05) is 16.7 Å². The van der Waals surface area contributed by atoms with E-state index < -0.39 is 6.36 Å². The van der Waals surface area contributed by atoms with E-state index in [1.165, 1.54) is 24.3 Å². The number of fused-ring (bicyclic) bond motifs is 3. The van der Waals surface area contributed by atoms with Crippen LogP contribution in [-0.4, -0.2) is 44.5 Å². The monoisotopic (exact) mass is 519 g/mol. The Kier molecular flexibility index (Phi) is 8.09. The van der Waals surface area contributed by atoms with Gasteiger partial charge in [0.15, 0.2) is 11.3 Å². The largest absolute Gasteiger partial charge is 0.573 e. The van der Waals surface area contributed by atoms with Crippen LogP contribution in [0.1, 0.15) is 16.7 Å². The fraction of sp³-hybridized carbons (Fsp3) is 0.370. The van der Waals surface area contributed by atoms with Crippen LogP contribution < -0.4 is 19.6 Å². The summed E-state index contributed by atoms with van der Waals surface area (Å²) in [6.07, 6.45) is -4.35. The number of halogens is 3. The molecule has 0 saturated carbocycles. The van der Waals surface area contributed by atoms with Gasteiger partial charge < -0.3 is 28.3 Å². The van der Waals surface area contributed by atoms with Crippen LogP contribution in [-0.2, 0) is 29.0 Å². The standard InChI is InChI=1S/C27H28F3NO6/c1-17-24(32)13-25(36-16-22(34-3)15-33-2)31-10-9-19-12-20(7-8-23(19)26(17)31)35-14-18-5-4-6-21(11-18)37-27(28,29)30/h4-8,11-13,22H,9-10,14-16H2,1-3H3/t22-/m0/s1. The summed E-state index contributed by atoms with van der Waals surface area (Å²) in [7, 11) is 3.16. The molecule has 198 valence electrons. The number of hydrogen-bond acceptors (Lipinski definition) is 6. The summed E-state index contributed by atoms with van der Waals surface area (Å²) < 4.78 is 65.8. The molecule has 4 rings (SSSR count). The Morgan fingerprint density at radius 2 is 1.81 bits per heavy atom. The zero-order valence-corrected chi connectivity index (χ0v) is 20.8. The Balaban J connectivity index is 1.53. The summed E-state index contributed by atoms with van der Waals surface area (Å²) in [5, 5.41) is 0. The van der Waals surface area contributed by atoms with Crippen LogP contribution in [0, 0.1) is 6.92 Å². The van der Waals surface area contributed by atoms with Gasteiger partial charge in [-0.05, 0) is 54.8 Å². The molecule has 0 bridgehead atoms. The smallest absolute Gasteiger partial charge is 0.489 e. The van der Waals surface area contributed by atoms with E-state index >= 15 is 0 Å². The van der Waals surface area contributed by atoms with Crippen LogP contribution in [0.3, 0.4) is 0 Å². The number of alkyl halides is 3. The third-order valence-corrected chi connectivity index (χ3v) is 6.09. The van der Waals surface area contributed by atoms with Crippen molar-refractivity contribution >= 4 is 0 Å². The van der Waals surface area contributed by atoms with Crippen molar-refractivity contribution in [2.24, 2.45) is 0 Å². The third kappa shape index (κ3) is 6.44. The molecule has 0 fully saturated rings. The highest BCUT2D eigenvalue weighted by atomic mass is 19.4. The molecule has 2 heterocycles. The van der Waals surface area contributed by atoms with Gasteiger partial charge in [0.2, 0.25) is 0 Å². The van der Waals surface area contributed by atoms with E-state index in [1.54, 1.807) is 33.3 Å². The number of rotatable bonds is 10. The minimum Gasteiger partial charge on any atom is -0.489 e. The molecule has 3 aromatic rings. The number of aromatic nitrogens is 1. The van der Waals surface area contributed by atoms with E-state index in [2.05, 4.69) is 4.74 Å². The first-order chi connectivity index (χ1) is 17.7. The van der Waals surface area contributed by atoms with Crippen molar-refractivity contribution in [1.82, 2.24) is 4.57 Å². The summed E-state index contributed by atoms with van der Waals surface area (Å²) >= 11 is 0.